The van der Waals surface area contributed by atoms with Gasteiger partial charge in [0.2, 0.25) is 10.0 Å². The fraction of sp³-hybridized carbons (Fsp3) is 0.143. The summed E-state index contributed by atoms with van der Waals surface area (Å²) >= 11 is 3.30. The van der Waals surface area contributed by atoms with Crippen molar-refractivity contribution in [3.63, 3.8) is 0 Å². The van der Waals surface area contributed by atoms with E-state index in [2.05, 4.69) is 20.7 Å². The zero-order chi connectivity index (χ0) is 18.1. The highest BCUT2D eigenvalue weighted by molar-refractivity contribution is 9.10. The van der Waals surface area contributed by atoms with Crippen molar-refractivity contribution >= 4 is 41.7 Å². The van der Waals surface area contributed by atoms with Crippen molar-refractivity contribution in [3.8, 4) is 5.75 Å². The molecule has 0 unspecified atom stereocenters. The number of halogens is 1. The Balaban J connectivity index is 2.45. The summed E-state index contributed by atoms with van der Waals surface area (Å²) in [6, 6.07) is 8.37. The zero-order valence-electron chi connectivity index (χ0n) is 12.8. The van der Waals surface area contributed by atoms with Gasteiger partial charge in [-0.3, -0.25) is 4.72 Å². The van der Waals surface area contributed by atoms with E-state index in [1.54, 1.807) is 13.0 Å². The number of hydrogen-bond donors (Lipinski definition) is 2. The highest BCUT2D eigenvalue weighted by Gasteiger charge is 2.19. The summed E-state index contributed by atoms with van der Waals surface area (Å²) in [6.45, 7) is 1.76. The minimum Gasteiger partial charge on any atom is -0.495 e. The molecular weight excluding hydrogens is 420 g/mol. The number of primary sulfonamides is 1. The first-order valence-electron chi connectivity index (χ1n) is 6.54. The summed E-state index contributed by atoms with van der Waals surface area (Å²) in [4.78, 5) is -0.256. The van der Waals surface area contributed by atoms with Crippen LogP contribution in [0.15, 0.2) is 50.7 Å². The smallest absolute Gasteiger partial charge is 0.261 e. The van der Waals surface area contributed by atoms with Gasteiger partial charge in [0.05, 0.1) is 17.7 Å². The Labute approximate surface area is 149 Å². The lowest BCUT2D eigenvalue weighted by Crippen LogP contribution is -2.16. The van der Waals surface area contributed by atoms with E-state index in [0.717, 1.165) is 16.1 Å². The molecule has 24 heavy (non-hydrogen) atoms. The van der Waals surface area contributed by atoms with Crippen molar-refractivity contribution in [2.24, 2.45) is 5.14 Å². The van der Waals surface area contributed by atoms with E-state index in [-0.39, 0.29) is 21.2 Å². The molecule has 3 N–H and O–H groups in total. The molecule has 0 fully saturated rings. The third-order valence-electron chi connectivity index (χ3n) is 3.16. The van der Waals surface area contributed by atoms with Gasteiger partial charge in [0.1, 0.15) is 10.6 Å². The molecule has 0 saturated carbocycles. The molecule has 0 amide bonds. The van der Waals surface area contributed by atoms with E-state index in [1.165, 1.54) is 31.4 Å². The van der Waals surface area contributed by atoms with Gasteiger partial charge in [-0.1, -0.05) is 15.9 Å². The van der Waals surface area contributed by atoms with Crippen molar-refractivity contribution in [3.05, 3.63) is 46.4 Å². The van der Waals surface area contributed by atoms with Crippen LogP contribution in [0.5, 0.6) is 5.75 Å². The minimum absolute atomic E-state index is 0.0277. The summed E-state index contributed by atoms with van der Waals surface area (Å²) < 4.78 is 56.1. The van der Waals surface area contributed by atoms with E-state index in [9.17, 15) is 16.8 Å². The number of anilines is 1. The average Bonchev–Trinajstić information content (AvgIpc) is 2.48. The predicted octanol–water partition coefficient (Wildman–Crippen LogP) is 2.21. The number of rotatable bonds is 5. The van der Waals surface area contributed by atoms with Crippen LogP contribution in [0.1, 0.15) is 5.56 Å². The van der Waals surface area contributed by atoms with E-state index in [1.807, 2.05) is 0 Å². The molecule has 0 atom stereocenters. The molecule has 0 saturated heterocycles. The number of hydrogen-bond acceptors (Lipinski definition) is 5. The lowest BCUT2D eigenvalue weighted by molar-refractivity contribution is 0.403. The second-order valence-electron chi connectivity index (χ2n) is 4.93. The Morgan fingerprint density at radius 2 is 1.75 bits per heavy atom. The lowest BCUT2D eigenvalue weighted by Gasteiger charge is -2.12. The van der Waals surface area contributed by atoms with Crippen LogP contribution in [0.4, 0.5) is 5.69 Å². The van der Waals surface area contributed by atoms with E-state index < -0.39 is 20.0 Å². The zero-order valence-corrected chi connectivity index (χ0v) is 16.0. The highest BCUT2D eigenvalue weighted by Crippen LogP contribution is 2.28. The van der Waals surface area contributed by atoms with Gasteiger partial charge >= 0.3 is 0 Å². The normalized spacial score (nSPS) is 12.0. The second kappa shape index (κ2) is 6.71. The van der Waals surface area contributed by atoms with Gasteiger partial charge in [0, 0.05) is 4.47 Å². The largest absolute Gasteiger partial charge is 0.495 e. The number of aryl methyl sites for hydroxylation is 1. The summed E-state index contributed by atoms with van der Waals surface area (Å²) in [5, 5.41) is 5.12. The maximum absolute atomic E-state index is 12.4. The predicted molar refractivity (Wildman–Crippen MR) is 94.1 cm³/mol. The van der Waals surface area contributed by atoms with Crippen LogP contribution >= 0.6 is 15.9 Å². The number of benzene rings is 2. The molecule has 10 heteroatoms. The van der Waals surface area contributed by atoms with Crippen molar-refractivity contribution in [1.29, 1.82) is 0 Å². The molecule has 0 spiro atoms. The highest BCUT2D eigenvalue weighted by atomic mass is 79.9. The van der Waals surface area contributed by atoms with Gasteiger partial charge in [0.15, 0.2) is 0 Å². The monoisotopic (exact) mass is 434 g/mol. The molecule has 0 bridgehead atoms. The number of sulfonamides is 2. The van der Waals surface area contributed by atoms with Crippen LogP contribution in [0.3, 0.4) is 0 Å². The molecule has 0 aliphatic carbocycles. The molecule has 0 aliphatic rings. The fourth-order valence-electron chi connectivity index (χ4n) is 1.96. The molecule has 0 aromatic heterocycles. The van der Waals surface area contributed by atoms with E-state index in [0.29, 0.717) is 0 Å². The Bertz CT molecular complexity index is 988. The maximum Gasteiger partial charge on any atom is 0.261 e. The SMILES string of the molecule is COc1ccc(NS(=O)(=O)c2ccc(Br)c(C)c2)cc1S(N)(=O)=O. The Hall–Kier alpha value is -1.62. The molecule has 7 nitrogen and oxygen atoms in total. The first-order chi connectivity index (χ1) is 11.0. The summed E-state index contributed by atoms with van der Waals surface area (Å²) in [5.74, 6) is 0.0277. The summed E-state index contributed by atoms with van der Waals surface area (Å²) in [7, 11) is -6.66. The molecule has 0 radical (unpaired) electrons. The Morgan fingerprint density at radius 3 is 2.29 bits per heavy atom. The van der Waals surface area contributed by atoms with Crippen LogP contribution in [0.25, 0.3) is 0 Å². The number of methoxy groups -OCH3 is 1. The van der Waals surface area contributed by atoms with Crippen molar-refractivity contribution in [2.75, 3.05) is 11.8 Å². The van der Waals surface area contributed by atoms with Crippen LogP contribution in [0, 0.1) is 6.92 Å². The minimum atomic E-state index is -4.07. The first kappa shape index (κ1) is 18.7. The van der Waals surface area contributed by atoms with Gasteiger partial charge < -0.3 is 4.74 Å². The van der Waals surface area contributed by atoms with E-state index in [4.69, 9.17) is 9.88 Å². The lowest BCUT2D eigenvalue weighted by atomic mass is 10.2. The first-order valence-corrected chi connectivity index (χ1v) is 10.4. The van der Waals surface area contributed by atoms with Gasteiger partial charge in [0.25, 0.3) is 10.0 Å². The number of nitrogens with two attached hydrogens (primary N) is 1. The molecule has 0 heterocycles. The van der Waals surface area contributed by atoms with E-state index >= 15 is 0 Å². The van der Waals surface area contributed by atoms with Gasteiger partial charge in [-0.2, -0.15) is 0 Å². The Morgan fingerprint density at radius 1 is 1.08 bits per heavy atom. The number of nitrogens with one attached hydrogen (secondary N) is 1. The number of ether oxygens (including phenoxy) is 1. The average molecular weight is 435 g/mol. The van der Waals surface area contributed by atoms with Crippen LogP contribution in [-0.2, 0) is 20.0 Å². The van der Waals surface area contributed by atoms with Crippen molar-refractivity contribution in [2.45, 2.75) is 16.7 Å². The summed E-state index contributed by atoms with van der Waals surface area (Å²) in [6.07, 6.45) is 0. The molecule has 2 aromatic rings. The van der Waals surface area contributed by atoms with Crippen LogP contribution in [0.2, 0.25) is 0 Å². The topological polar surface area (TPSA) is 116 Å². The molecule has 2 aromatic carbocycles. The quantitative estimate of drug-likeness (QED) is 0.747. The fourth-order valence-corrected chi connectivity index (χ4v) is 4.06. The van der Waals surface area contributed by atoms with Gasteiger partial charge in [-0.25, -0.2) is 22.0 Å². The van der Waals surface area contributed by atoms with Gasteiger partial charge in [-0.05, 0) is 48.9 Å². The van der Waals surface area contributed by atoms with Gasteiger partial charge in [-0.15, -0.1) is 0 Å². The third kappa shape index (κ3) is 4.07. The van der Waals surface area contributed by atoms with Crippen molar-refractivity contribution in [1.82, 2.24) is 0 Å². The summed E-state index contributed by atoms with van der Waals surface area (Å²) in [5.41, 5.74) is 0.804. The van der Waals surface area contributed by atoms with Crippen LogP contribution < -0.4 is 14.6 Å². The Kier molecular flexibility index (Phi) is 5.23. The maximum atomic E-state index is 12.4. The van der Waals surface area contributed by atoms with Crippen LogP contribution in [-0.4, -0.2) is 23.9 Å². The van der Waals surface area contributed by atoms with Crippen molar-refractivity contribution < 1.29 is 21.6 Å². The molecule has 130 valence electrons. The molecule has 0 aliphatic heterocycles. The molecule has 2 rings (SSSR count). The molecular formula is C14H15BrN2O5S2. The second-order valence-corrected chi connectivity index (χ2v) is 8.99. The standard InChI is InChI=1S/C14H15BrN2O5S2/c1-9-7-11(4-5-12(9)15)24(20,21)17-10-3-6-13(22-2)14(8-10)23(16,18)19/h3-8,17H,1-2H3,(H2,16,18,19). The third-order valence-corrected chi connectivity index (χ3v) is 6.36.